The number of carbonyl (C=O) groups excluding carboxylic acids is 2. The fourth-order valence-electron chi connectivity index (χ4n) is 1.68. The van der Waals surface area contributed by atoms with Crippen molar-refractivity contribution in [3.05, 3.63) is 39.9 Å². The summed E-state index contributed by atoms with van der Waals surface area (Å²) in [6.45, 7) is 3.30. The minimum absolute atomic E-state index is 0.141. The van der Waals surface area contributed by atoms with Gasteiger partial charge in [-0.1, -0.05) is 17.7 Å². The van der Waals surface area contributed by atoms with Gasteiger partial charge in [0.05, 0.1) is 12.1 Å². The van der Waals surface area contributed by atoms with E-state index >= 15 is 0 Å². The van der Waals surface area contributed by atoms with Gasteiger partial charge in [-0.25, -0.2) is 4.98 Å². The third-order valence-corrected chi connectivity index (χ3v) is 3.69. The highest BCUT2D eigenvalue weighted by Gasteiger charge is 2.10. The number of benzene rings is 1. The van der Waals surface area contributed by atoms with E-state index in [2.05, 4.69) is 15.6 Å². The molecule has 1 aromatic heterocycles. The molecular formula is C14H14ClN3O2S. The van der Waals surface area contributed by atoms with Crippen LogP contribution in [0.1, 0.15) is 18.2 Å². The average molecular weight is 324 g/mol. The smallest absolute Gasteiger partial charge is 0.230 e. The summed E-state index contributed by atoms with van der Waals surface area (Å²) in [5.41, 5.74) is 2.23. The third kappa shape index (κ3) is 4.54. The van der Waals surface area contributed by atoms with Crippen LogP contribution in [-0.2, 0) is 16.0 Å². The van der Waals surface area contributed by atoms with E-state index in [1.165, 1.54) is 18.3 Å². The number of nitrogens with zero attached hydrogens (tertiary/aromatic N) is 1. The predicted octanol–water partition coefficient (Wildman–Crippen LogP) is 3.24. The summed E-state index contributed by atoms with van der Waals surface area (Å²) in [7, 11) is 0. The first-order valence-electron chi connectivity index (χ1n) is 6.22. The summed E-state index contributed by atoms with van der Waals surface area (Å²) >= 11 is 7.20. The molecule has 0 aliphatic carbocycles. The molecule has 0 unspecified atom stereocenters. The van der Waals surface area contributed by atoms with Gasteiger partial charge in [0.2, 0.25) is 11.8 Å². The molecule has 1 heterocycles. The van der Waals surface area contributed by atoms with Gasteiger partial charge in [-0.15, -0.1) is 11.3 Å². The molecule has 0 saturated heterocycles. The molecule has 0 fully saturated rings. The average Bonchev–Trinajstić information content (AvgIpc) is 2.80. The molecule has 0 radical (unpaired) electrons. The van der Waals surface area contributed by atoms with E-state index in [0.717, 1.165) is 5.56 Å². The maximum atomic E-state index is 12.0. The van der Waals surface area contributed by atoms with Crippen LogP contribution >= 0.6 is 22.9 Å². The highest BCUT2D eigenvalue weighted by molar-refractivity contribution is 7.13. The first-order valence-corrected chi connectivity index (χ1v) is 7.48. The molecule has 0 aliphatic heterocycles. The van der Waals surface area contributed by atoms with Crippen molar-refractivity contribution in [3.63, 3.8) is 0 Å². The molecule has 2 aromatic rings. The number of hydrogen-bond acceptors (Lipinski definition) is 4. The van der Waals surface area contributed by atoms with Crippen molar-refractivity contribution in [2.75, 3.05) is 10.6 Å². The van der Waals surface area contributed by atoms with E-state index in [-0.39, 0.29) is 18.2 Å². The van der Waals surface area contributed by atoms with Crippen LogP contribution in [0.25, 0.3) is 0 Å². The molecule has 0 spiro atoms. The molecular weight excluding hydrogens is 310 g/mol. The van der Waals surface area contributed by atoms with E-state index in [9.17, 15) is 9.59 Å². The Morgan fingerprint density at radius 3 is 2.81 bits per heavy atom. The van der Waals surface area contributed by atoms with Crippen molar-refractivity contribution in [2.45, 2.75) is 20.3 Å². The number of aromatic nitrogens is 1. The van der Waals surface area contributed by atoms with Crippen LogP contribution in [0.2, 0.25) is 5.02 Å². The Morgan fingerprint density at radius 2 is 2.10 bits per heavy atom. The highest BCUT2D eigenvalue weighted by atomic mass is 35.5. The summed E-state index contributed by atoms with van der Waals surface area (Å²) in [6, 6.07) is 5.32. The Morgan fingerprint density at radius 1 is 1.33 bits per heavy atom. The van der Waals surface area contributed by atoms with Crippen LogP contribution in [0.3, 0.4) is 0 Å². The SMILES string of the molecule is CC(=O)Nc1nc(CC(=O)Nc2cc(Cl)ccc2C)cs1. The number of anilines is 2. The fourth-order valence-corrected chi connectivity index (χ4v) is 2.61. The maximum absolute atomic E-state index is 12.0. The van der Waals surface area contributed by atoms with Crippen molar-refractivity contribution >= 4 is 45.6 Å². The van der Waals surface area contributed by atoms with E-state index < -0.39 is 0 Å². The van der Waals surface area contributed by atoms with Gasteiger partial charge in [0, 0.05) is 23.0 Å². The molecule has 21 heavy (non-hydrogen) atoms. The van der Waals surface area contributed by atoms with Crippen LogP contribution in [0.15, 0.2) is 23.6 Å². The molecule has 2 N–H and O–H groups in total. The maximum Gasteiger partial charge on any atom is 0.230 e. The van der Waals surface area contributed by atoms with Gasteiger partial charge in [-0.3, -0.25) is 9.59 Å². The lowest BCUT2D eigenvalue weighted by Crippen LogP contribution is -2.15. The zero-order valence-electron chi connectivity index (χ0n) is 11.6. The number of halogens is 1. The first kappa shape index (κ1) is 15.5. The Labute approximate surface area is 131 Å². The monoisotopic (exact) mass is 323 g/mol. The predicted molar refractivity (Wildman–Crippen MR) is 84.9 cm³/mol. The standard InChI is InChI=1S/C14H14ClN3O2S/c1-8-3-4-10(15)5-12(8)18-13(20)6-11-7-21-14(17-11)16-9(2)19/h3-5,7H,6H2,1-2H3,(H,18,20)(H,16,17,19). The van der Waals surface area contributed by atoms with Gasteiger partial charge in [0.25, 0.3) is 0 Å². The topological polar surface area (TPSA) is 71.1 Å². The normalized spacial score (nSPS) is 10.2. The van der Waals surface area contributed by atoms with Gasteiger partial charge in [0.15, 0.2) is 5.13 Å². The Kier molecular flexibility index (Phi) is 4.93. The molecule has 110 valence electrons. The number of amides is 2. The van der Waals surface area contributed by atoms with Crippen LogP contribution in [-0.4, -0.2) is 16.8 Å². The summed E-state index contributed by atoms with van der Waals surface area (Å²) in [6.07, 6.45) is 0.141. The zero-order valence-corrected chi connectivity index (χ0v) is 13.1. The molecule has 7 heteroatoms. The number of aryl methyl sites for hydroxylation is 1. The van der Waals surface area contributed by atoms with E-state index in [4.69, 9.17) is 11.6 Å². The van der Waals surface area contributed by atoms with E-state index in [1.807, 2.05) is 13.0 Å². The Bertz CT molecular complexity index is 685. The van der Waals surface area contributed by atoms with Crippen LogP contribution in [0.4, 0.5) is 10.8 Å². The quantitative estimate of drug-likeness (QED) is 0.907. The molecule has 0 bridgehead atoms. The molecule has 2 rings (SSSR count). The summed E-state index contributed by atoms with van der Waals surface area (Å²) in [4.78, 5) is 27.1. The Hall–Kier alpha value is -1.92. The van der Waals surface area contributed by atoms with E-state index in [0.29, 0.717) is 21.5 Å². The summed E-state index contributed by atoms with van der Waals surface area (Å²) in [5.74, 6) is -0.366. The van der Waals surface area contributed by atoms with Crippen molar-refractivity contribution in [2.24, 2.45) is 0 Å². The van der Waals surface area contributed by atoms with Crippen molar-refractivity contribution in [1.29, 1.82) is 0 Å². The molecule has 1 aromatic carbocycles. The fraction of sp³-hybridized carbons (Fsp3) is 0.214. The third-order valence-electron chi connectivity index (χ3n) is 2.65. The number of carbonyl (C=O) groups is 2. The highest BCUT2D eigenvalue weighted by Crippen LogP contribution is 2.21. The largest absolute Gasteiger partial charge is 0.325 e. The van der Waals surface area contributed by atoms with Gasteiger partial charge in [0.1, 0.15) is 0 Å². The first-order chi connectivity index (χ1) is 9.94. The second-order valence-electron chi connectivity index (χ2n) is 4.51. The minimum atomic E-state index is -0.185. The van der Waals surface area contributed by atoms with Gasteiger partial charge in [-0.05, 0) is 24.6 Å². The number of nitrogens with one attached hydrogen (secondary N) is 2. The van der Waals surface area contributed by atoms with Crippen LogP contribution in [0, 0.1) is 6.92 Å². The molecule has 2 amide bonds. The summed E-state index contributed by atoms with van der Waals surface area (Å²) in [5, 5.41) is 8.19. The van der Waals surface area contributed by atoms with E-state index in [1.54, 1.807) is 17.5 Å². The lowest BCUT2D eigenvalue weighted by Gasteiger charge is -2.08. The molecule has 0 atom stereocenters. The molecule has 5 nitrogen and oxygen atoms in total. The Balaban J connectivity index is 2.00. The molecule has 0 saturated carbocycles. The lowest BCUT2D eigenvalue weighted by atomic mass is 10.2. The number of rotatable bonds is 4. The van der Waals surface area contributed by atoms with Crippen LogP contribution < -0.4 is 10.6 Å². The second-order valence-corrected chi connectivity index (χ2v) is 5.80. The molecule has 0 aliphatic rings. The van der Waals surface area contributed by atoms with Crippen molar-refractivity contribution < 1.29 is 9.59 Å². The number of thiazole rings is 1. The second kappa shape index (κ2) is 6.69. The van der Waals surface area contributed by atoms with Gasteiger partial charge >= 0.3 is 0 Å². The summed E-state index contributed by atoms with van der Waals surface area (Å²) < 4.78 is 0. The van der Waals surface area contributed by atoms with Gasteiger partial charge in [-0.2, -0.15) is 0 Å². The van der Waals surface area contributed by atoms with Gasteiger partial charge < -0.3 is 10.6 Å². The zero-order chi connectivity index (χ0) is 15.4. The minimum Gasteiger partial charge on any atom is -0.325 e. The number of hydrogen-bond donors (Lipinski definition) is 2. The van der Waals surface area contributed by atoms with Crippen LogP contribution in [0.5, 0.6) is 0 Å². The van der Waals surface area contributed by atoms with Crippen molar-refractivity contribution in [1.82, 2.24) is 4.98 Å². The van der Waals surface area contributed by atoms with Crippen molar-refractivity contribution in [3.8, 4) is 0 Å². The lowest BCUT2D eigenvalue weighted by molar-refractivity contribution is -0.116.